The first-order valence-electron chi connectivity index (χ1n) is 15.1. The van der Waals surface area contributed by atoms with Crippen LogP contribution in [-0.2, 0) is 28.9 Å². The van der Waals surface area contributed by atoms with Gasteiger partial charge in [0.05, 0.1) is 24.3 Å². The number of nitrogens with zero attached hydrogens (tertiary/aromatic N) is 6. The number of urea groups is 1. The number of hydrogen-bond donors (Lipinski definition) is 0. The predicted octanol–water partition coefficient (Wildman–Crippen LogP) is -0.150. The largest absolute Gasteiger partial charge is 0.497 e. The molecule has 246 valence electrons. The molecule has 0 aromatic heterocycles. The SMILES string of the molecule is COc1ccc(S(=O)(=O)CCN(C(=O)N(CCN2CCN(C)CC2)C2(CN3CCN(C)CC3)OC(=O)C(=O)O2)C(C)C)cc1. The van der Waals surface area contributed by atoms with E-state index in [1.54, 1.807) is 26.0 Å². The minimum atomic E-state index is -3.75. The summed E-state index contributed by atoms with van der Waals surface area (Å²) in [5, 5.41) is 0. The van der Waals surface area contributed by atoms with Crippen LogP contribution in [0.2, 0.25) is 0 Å². The van der Waals surface area contributed by atoms with E-state index in [9.17, 15) is 22.8 Å². The molecule has 1 aromatic carbocycles. The van der Waals surface area contributed by atoms with Gasteiger partial charge in [0.25, 0.3) is 0 Å². The summed E-state index contributed by atoms with van der Waals surface area (Å²) in [5.74, 6) is -4.09. The Morgan fingerprint density at radius 3 is 1.91 bits per heavy atom. The van der Waals surface area contributed by atoms with E-state index >= 15 is 0 Å². The van der Waals surface area contributed by atoms with Crippen LogP contribution in [-0.4, -0.2) is 173 Å². The molecule has 0 bridgehead atoms. The van der Waals surface area contributed by atoms with Gasteiger partial charge >= 0.3 is 23.9 Å². The number of amides is 2. The molecular weight excluding hydrogens is 592 g/mol. The molecule has 0 aliphatic carbocycles. The molecule has 0 unspecified atom stereocenters. The zero-order valence-corrected chi connectivity index (χ0v) is 27.3. The summed E-state index contributed by atoms with van der Waals surface area (Å²) < 4.78 is 42.9. The Labute approximate surface area is 260 Å². The number of carbonyl (C=O) groups is 3. The van der Waals surface area contributed by atoms with Crippen molar-refractivity contribution in [3.8, 4) is 5.75 Å². The topological polar surface area (TPSA) is 132 Å². The van der Waals surface area contributed by atoms with Crippen LogP contribution in [0.5, 0.6) is 5.75 Å². The van der Waals surface area contributed by atoms with Crippen molar-refractivity contribution in [2.24, 2.45) is 0 Å². The summed E-state index contributed by atoms with van der Waals surface area (Å²) in [4.78, 5) is 51.0. The highest BCUT2D eigenvalue weighted by Crippen LogP contribution is 2.30. The molecule has 0 N–H and O–H groups in total. The predicted molar refractivity (Wildman–Crippen MR) is 162 cm³/mol. The second kappa shape index (κ2) is 14.4. The lowest BCUT2D eigenvalue weighted by Crippen LogP contribution is -2.65. The molecule has 2 amide bonds. The summed E-state index contributed by atoms with van der Waals surface area (Å²) in [6, 6.07) is 5.11. The van der Waals surface area contributed by atoms with E-state index in [2.05, 4.69) is 21.7 Å². The van der Waals surface area contributed by atoms with Crippen molar-refractivity contribution in [1.29, 1.82) is 0 Å². The fourth-order valence-electron chi connectivity index (χ4n) is 5.52. The van der Waals surface area contributed by atoms with Crippen LogP contribution in [0.1, 0.15) is 13.8 Å². The van der Waals surface area contributed by atoms with Gasteiger partial charge in [-0.2, -0.15) is 0 Å². The fraction of sp³-hybridized carbons (Fsp3) is 0.690. The van der Waals surface area contributed by atoms with Gasteiger partial charge in [-0.1, -0.05) is 0 Å². The molecule has 4 rings (SSSR count). The molecule has 0 atom stereocenters. The minimum Gasteiger partial charge on any atom is -0.497 e. The summed E-state index contributed by atoms with van der Waals surface area (Å²) in [7, 11) is 1.81. The fourth-order valence-corrected chi connectivity index (χ4v) is 6.74. The highest BCUT2D eigenvalue weighted by atomic mass is 32.2. The summed E-state index contributed by atoms with van der Waals surface area (Å²) in [6.45, 7) is 10.1. The number of benzene rings is 1. The summed E-state index contributed by atoms with van der Waals surface area (Å²) >= 11 is 0. The number of piperazine rings is 2. The van der Waals surface area contributed by atoms with E-state index in [0.717, 1.165) is 39.3 Å². The maximum absolute atomic E-state index is 14.5. The van der Waals surface area contributed by atoms with Crippen LogP contribution in [0.25, 0.3) is 0 Å². The van der Waals surface area contributed by atoms with Gasteiger partial charge in [0.1, 0.15) is 5.75 Å². The Morgan fingerprint density at radius 2 is 1.41 bits per heavy atom. The van der Waals surface area contributed by atoms with Gasteiger partial charge in [0.2, 0.25) is 0 Å². The number of esters is 2. The second-order valence-corrected chi connectivity index (χ2v) is 14.0. The van der Waals surface area contributed by atoms with Gasteiger partial charge < -0.3 is 28.9 Å². The van der Waals surface area contributed by atoms with Gasteiger partial charge in [-0.25, -0.2) is 27.7 Å². The quantitative estimate of drug-likeness (QED) is 0.223. The Hall–Kier alpha value is -2.98. The maximum Gasteiger partial charge on any atom is 0.422 e. The molecule has 0 saturated carbocycles. The number of hydrogen-bond acceptors (Lipinski definition) is 12. The number of cyclic esters (lactones) is 2. The molecule has 3 aliphatic heterocycles. The minimum absolute atomic E-state index is 0.0110. The molecule has 3 aliphatic rings. The maximum atomic E-state index is 14.5. The zero-order valence-electron chi connectivity index (χ0n) is 26.4. The number of sulfone groups is 1. The zero-order chi connectivity index (χ0) is 32.1. The lowest BCUT2D eigenvalue weighted by molar-refractivity contribution is -0.245. The number of rotatable bonds is 12. The van der Waals surface area contributed by atoms with Crippen LogP contribution in [0.15, 0.2) is 29.2 Å². The van der Waals surface area contributed by atoms with E-state index in [1.807, 2.05) is 11.9 Å². The molecule has 14 nitrogen and oxygen atoms in total. The van der Waals surface area contributed by atoms with Crippen LogP contribution in [0, 0.1) is 0 Å². The van der Waals surface area contributed by atoms with E-state index in [1.165, 1.54) is 29.0 Å². The standard InChI is InChI=1S/C29H46N6O8S/c1-23(2)34(20-21-44(39,40)25-8-6-24(41-5)7-9-25)28(38)35(19-18-32-14-10-30(3)11-15-32)29(42-26(36)27(37)43-29)22-33-16-12-31(4)13-17-33/h6-9,23H,10-22H2,1-5H3. The third-order valence-corrected chi connectivity index (χ3v) is 10.2. The van der Waals surface area contributed by atoms with Crippen molar-refractivity contribution in [2.45, 2.75) is 30.7 Å². The molecule has 3 fully saturated rings. The van der Waals surface area contributed by atoms with Gasteiger partial charge in [0.15, 0.2) is 9.84 Å². The third kappa shape index (κ3) is 8.18. The van der Waals surface area contributed by atoms with Crippen molar-refractivity contribution in [3.05, 3.63) is 24.3 Å². The first-order chi connectivity index (χ1) is 20.8. The molecule has 1 aromatic rings. The van der Waals surface area contributed by atoms with Crippen LogP contribution in [0.4, 0.5) is 4.79 Å². The van der Waals surface area contributed by atoms with Crippen molar-refractivity contribution >= 4 is 27.8 Å². The smallest absolute Gasteiger partial charge is 0.422 e. The Morgan fingerprint density at radius 1 is 0.886 bits per heavy atom. The van der Waals surface area contributed by atoms with Crippen molar-refractivity contribution in [3.63, 3.8) is 0 Å². The van der Waals surface area contributed by atoms with E-state index in [-0.39, 0.29) is 30.3 Å². The van der Waals surface area contributed by atoms with Crippen molar-refractivity contribution in [2.75, 3.05) is 105 Å². The van der Waals surface area contributed by atoms with E-state index < -0.39 is 39.8 Å². The van der Waals surface area contributed by atoms with Crippen LogP contribution < -0.4 is 4.74 Å². The summed E-state index contributed by atoms with van der Waals surface area (Å²) in [5.41, 5.74) is 0. The van der Waals surface area contributed by atoms with Gasteiger partial charge in [-0.05, 0) is 52.2 Å². The van der Waals surface area contributed by atoms with E-state index in [0.29, 0.717) is 25.4 Å². The monoisotopic (exact) mass is 638 g/mol. The lowest BCUT2D eigenvalue weighted by atomic mass is 10.2. The van der Waals surface area contributed by atoms with E-state index in [4.69, 9.17) is 14.2 Å². The molecule has 3 saturated heterocycles. The second-order valence-electron chi connectivity index (χ2n) is 11.9. The highest BCUT2D eigenvalue weighted by Gasteiger charge is 2.57. The number of ether oxygens (including phenoxy) is 3. The van der Waals surface area contributed by atoms with Crippen LogP contribution >= 0.6 is 0 Å². The molecule has 0 radical (unpaired) electrons. The van der Waals surface area contributed by atoms with Gasteiger partial charge in [-0.15, -0.1) is 0 Å². The highest BCUT2D eigenvalue weighted by molar-refractivity contribution is 7.91. The Balaban J connectivity index is 1.61. The first-order valence-corrected chi connectivity index (χ1v) is 16.7. The molecule has 44 heavy (non-hydrogen) atoms. The normalized spacial score (nSPS) is 20.4. The van der Waals surface area contributed by atoms with Crippen molar-refractivity contribution < 1.29 is 37.0 Å². The first kappa shape index (κ1) is 33.9. The molecular formula is C29H46N6O8S. The van der Waals surface area contributed by atoms with Crippen molar-refractivity contribution in [1.82, 2.24) is 29.4 Å². The average Bonchev–Trinajstić information content (AvgIpc) is 3.28. The van der Waals surface area contributed by atoms with Gasteiger partial charge in [0, 0.05) is 78.0 Å². The number of carbonyl (C=O) groups excluding carboxylic acids is 3. The van der Waals surface area contributed by atoms with Crippen LogP contribution in [0.3, 0.4) is 0 Å². The van der Waals surface area contributed by atoms with Gasteiger partial charge in [-0.3, -0.25) is 9.80 Å². The molecule has 15 heteroatoms. The molecule has 0 spiro atoms. The Kier molecular flexibility index (Phi) is 11.1. The average molecular weight is 639 g/mol. The Bertz CT molecular complexity index is 1240. The molecule has 3 heterocycles. The lowest BCUT2D eigenvalue weighted by Gasteiger charge is -2.44. The number of methoxy groups -OCH3 is 1. The third-order valence-electron chi connectivity index (χ3n) is 8.46. The summed E-state index contributed by atoms with van der Waals surface area (Å²) in [6.07, 6.45) is 0. The number of likely N-dealkylation sites (N-methyl/N-ethyl adjacent to an activating group) is 2.